The number of nitrogens with zero attached hydrogens (tertiary/aromatic N) is 1. The number of hydrogen-bond donors (Lipinski definition) is 1. The molecule has 0 spiro atoms. The Morgan fingerprint density at radius 3 is 2.71 bits per heavy atom. The third kappa shape index (κ3) is 2.00. The van der Waals surface area contributed by atoms with Gasteiger partial charge in [0, 0.05) is 11.6 Å². The lowest BCUT2D eigenvalue weighted by Gasteiger charge is -2.07. The Kier molecular flexibility index (Phi) is 2.60. The fourth-order valence-electron chi connectivity index (χ4n) is 1.38. The van der Waals surface area contributed by atoms with Crippen LogP contribution in [-0.4, -0.2) is 5.16 Å². The molecule has 0 aliphatic rings. The minimum absolute atomic E-state index is 0.0383. The lowest BCUT2D eigenvalue weighted by atomic mass is 10.0. The lowest BCUT2D eigenvalue weighted by molar-refractivity contribution is 0.418. The van der Waals surface area contributed by atoms with Gasteiger partial charge in [-0.15, -0.1) is 0 Å². The van der Waals surface area contributed by atoms with E-state index in [2.05, 4.69) is 17.3 Å². The number of benzene rings is 1. The molecule has 1 heterocycles. The molecule has 0 aliphatic heterocycles. The second-order valence-electron chi connectivity index (χ2n) is 3.25. The minimum atomic E-state index is -0.0383. The Labute approximate surface area is 82.5 Å². The first-order valence-electron chi connectivity index (χ1n) is 4.55. The quantitative estimate of drug-likeness (QED) is 0.800. The van der Waals surface area contributed by atoms with Crippen LogP contribution in [0.5, 0.6) is 0 Å². The molecule has 1 aromatic carbocycles. The number of nitrogens with two attached hydrogens (primary N) is 1. The summed E-state index contributed by atoms with van der Waals surface area (Å²) in [5, 5.41) is 3.63. The first-order valence-corrected chi connectivity index (χ1v) is 4.55. The molecule has 2 N–H and O–H groups in total. The summed E-state index contributed by atoms with van der Waals surface area (Å²) in [6.07, 6.45) is 4.06. The van der Waals surface area contributed by atoms with E-state index in [-0.39, 0.29) is 6.04 Å². The van der Waals surface area contributed by atoms with Crippen molar-refractivity contribution in [3.8, 4) is 0 Å². The summed E-state index contributed by atoms with van der Waals surface area (Å²) >= 11 is 0. The van der Waals surface area contributed by atoms with Crippen molar-refractivity contribution in [2.24, 2.45) is 5.73 Å². The van der Waals surface area contributed by atoms with E-state index in [1.807, 2.05) is 18.2 Å². The summed E-state index contributed by atoms with van der Waals surface area (Å²) in [5.41, 5.74) is 8.13. The van der Waals surface area contributed by atoms with Crippen molar-refractivity contribution in [2.75, 3.05) is 0 Å². The highest BCUT2D eigenvalue weighted by atomic mass is 16.5. The standard InChI is InChI=1S/C11H12N2O/c12-11(10-7-13-14-8-10)6-9-4-2-1-3-5-9/h1-5,7-8,11H,6,12H2. The summed E-state index contributed by atoms with van der Waals surface area (Å²) in [6, 6.07) is 10.1. The van der Waals surface area contributed by atoms with E-state index in [1.165, 1.54) is 5.56 Å². The molecular weight excluding hydrogens is 176 g/mol. The van der Waals surface area contributed by atoms with E-state index in [0.29, 0.717) is 0 Å². The summed E-state index contributed by atoms with van der Waals surface area (Å²) in [6.45, 7) is 0. The summed E-state index contributed by atoms with van der Waals surface area (Å²) in [5.74, 6) is 0. The van der Waals surface area contributed by atoms with Gasteiger partial charge in [-0.3, -0.25) is 0 Å². The second kappa shape index (κ2) is 4.07. The van der Waals surface area contributed by atoms with Crippen molar-refractivity contribution in [1.82, 2.24) is 5.16 Å². The monoisotopic (exact) mass is 188 g/mol. The van der Waals surface area contributed by atoms with Gasteiger partial charge in [0.1, 0.15) is 6.26 Å². The van der Waals surface area contributed by atoms with Crippen LogP contribution in [0.4, 0.5) is 0 Å². The Morgan fingerprint density at radius 2 is 2.07 bits per heavy atom. The normalized spacial score (nSPS) is 12.6. The topological polar surface area (TPSA) is 52.0 Å². The molecule has 3 nitrogen and oxygen atoms in total. The van der Waals surface area contributed by atoms with Crippen LogP contribution in [0, 0.1) is 0 Å². The SMILES string of the molecule is NC(Cc1ccccc1)c1cnoc1. The largest absolute Gasteiger partial charge is 0.364 e. The molecule has 0 saturated heterocycles. The van der Waals surface area contributed by atoms with Crippen molar-refractivity contribution >= 4 is 0 Å². The molecule has 0 amide bonds. The van der Waals surface area contributed by atoms with Crippen molar-refractivity contribution in [3.63, 3.8) is 0 Å². The Bertz CT molecular complexity index is 369. The fraction of sp³-hybridized carbons (Fsp3) is 0.182. The van der Waals surface area contributed by atoms with Gasteiger partial charge in [0.2, 0.25) is 0 Å². The molecule has 0 bridgehead atoms. The Hall–Kier alpha value is -1.61. The van der Waals surface area contributed by atoms with Crippen LogP contribution in [0.25, 0.3) is 0 Å². The molecule has 3 heteroatoms. The zero-order valence-electron chi connectivity index (χ0n) is 7.76. The fourth-order valence-corrected chi connectivity index (χ4v) is 1.38. The maximum Gasteiger partial charge on any atom is 0.128 e. The highest BCUT2D eigenvalue weighted by Gasteiger charge is 2.08. The van der Waals surface area contributed by atoms with E-state index < -0.39 is 0 Å². The van der Waals surface area contributed by atoms with E-state index in [0.717, 1.165) is 12.0 Å². The summed E-state index contributed by atoms with van der Waals surface area (Å²) in [7, 11) is 0. The lowest BCUT2D eigenvalue weighted by Crippen LogP contribution is -2.12. The van der Waals surface area contributed by atoms with Gasteiger partial charge >= 0.3 is 0 Å². The van der Waals surface area contributed by atoms with Crippen LogP contribution in [0.3, 0.4) is 0 Å². The summed E-state index contributed by atoms with van der Waals surface area (Å²) < 4.78 is 4.74. The van der Waals surface area contributed by atoms with Gasteiger partial charge in [-0.2, -0.15) is 0 Å². The first-order chi connectivity index (χ1) is 6.86. The molecule has 14 heavy (non-hydrogen) atoms. The molecular formula is C11H12N2O. The van der Waals surface area contributed by atoms with Gasteiger partial charge in [-0.05, 0) is 12.0 Å². The van der Waals surface area contributed by atoms with Gasteiger partial charge in [-0.25, -0.2) is 0 Å². The Balaban J connectivity index is 2.06. The number of aromatic nitrogens is 1. The highest BCUT2D eigenvalue weighted by molar-refractivity contribution is 5.19. The average molecular weight is 188 g/mol. The zero-order valence-corrected chi connectivity index (χ0v) is 7.76. The van der Waals surface area contributed by atoms with Crippen molar-refractivity contribution in [3.05, 3.63) is 53.9 Å². The van der Waals surface area contributed by atoms with E-state index in [9.17, 15) is 0 Å². The number of hydrogen-bond acceptors (Lipinski definition) is 3. The first kappa shape index (κ1) is 8.97. The van der Waals surface area contributed by atoms with Gasteiger partial charge < -0.3 is 10.3 Å². The van der Waals surface area contributed by atoms with Gasteiger partial charge in [0.25, 0.3) is 0 Å². The predicted octanol–water partition coefficient (Wildman–Crippen LogP) is 1.92. The molecule has 0 radical (unpaired) electrons. The average Bonchev–Trinajstić information content (AvgIpc) is 2.72. The van der Waals surface area contributed by atoms with E-state index in [1.54, 1.807) is 12.5 Å². The van der Waals surface area contributed by atoms with Crippen LogP contribution in [-0.2, 0) is 6.42 Å². The van der Waals surface area contributed by atoms with Gasteiger partial charge in [0.05, 0.1) is 6.20 Å². The molecule has 2 rings (SSSR count). The van der Waals surface area contributed by atoms with Crippen LogP contribution in [0.15, 0.2) is 47.3 Å². The van der Waals surface area contributed by atoms with Crippen LogP contribution < -0.4 is 5.73 Å². The van der Waals surface area contributed by atoms with Crippen LogP contribution in [0.1, 0.15) is 17.2 Å². The van der Waals surface area contributed by atoms with Gasteiger partial charge in [0.15, 0.2) is 0 Å². The predicted molar refractivity (Wildman–Crippen MR) is 53.6 cm³/mol. The molecule has 0 fully saturated rings. The van der Waals surface area contributed by atoms with Gasteiger partial charge in [-0.1, -0.05) is 35.5 Å². The Morgan fingerprint density at radius 1 is 1.29 bits per heavy atom. The maximum absolute atomic E-state index is 5.97. The summed E-state index contributed by atoms with van der Waals surface area (Å²) in [4.78, 5) is 0. The van der Waals surface area contributed by atoms with Crippen LogP contribution in [0.2, 0.25) is 0 Å². The molecule has 0 aliphatic carbocycles. The van der Waals surface area contributed by atoms with Crippen molar-refractivity contribution in [1.29, 1.82) is 0 Å². The van der Waals surface area contributed by atoms with Crippen molar-refractivity contribution in [2.45, 2.75) is 12.5 Å². The van der Waals surface area contributed by atoms with Crippen LogP contribution >= 0.6 is 0 Å². The molecule has 0 saturated carbocycles. The van der Waals surface area contributed by atoms with Crippen molar-refractivity contribution < 1.29 is 4.52 Å². The third-order valence-corrected chi connectivity index (χ3v) is 2.18. The molecule has 1 aromatic heterocycles. The molecule has 1 atom stereocenters. The number of rotatable bonds is 3. The zero-order chi connectivity index (χ0) is 9.80. The maximum atomic E-state index is 5.97. The minimum Gasteiger partial charge on any atom is -0.364 e. The molecule has 72 valence electrons. The smallest absolute Gasteiger partial charge is 0.128 e. The highest BCUT2D eigenvalue weighted by Crippen LogP contribution is 2.14. The second-order valence-corrected chi connectivity index (χ2v) is 3.25. The third-order valence-electron chi connectivity index (χ3n) is 2.18. The molecule has 1 unspecified atom stereocenters. The van der Waals surface area contributed by atoms with E-state index in [4.69, 9.17) is 10.3 Å². The molecule has 2 aromatic rings. The van der Waals surface area contributed by atoms with E-state index >= 15 is 0 Å².